The molecule has 1 saturated carbocycles. The number of esters is 1. The van der Waals surface area contributed by atoms with E-state index >= 15 is 0 Å². The summed E-state index contributed by atoms with van der Waals surface area (Å²) in [5.41, 5.74) is 2.27. The number of anilines is 1. The molecule has 1 fully saturated rings. The van der Waals surface area contributed by atoms with Gasteiger partial charge in [0.05, 0.1) is 27.4 Å². The van der Waals surface area contributed by atoms with Gasteiger partial charge in [-0.15, -0.1) is 0 Å². The van der Waals surface area contributed by atoms with Gasteiger partial charge in [0.1, 0.15) is 0 Å². The van der Waals surface area contributed by atoms with E-state index in [-0.39, 0.29) is 5.02 Å². The highest BCUT2D eigenvalue weighted by Gasteiger charge is 2.30. The first-order valence-corrected chi connectivity index (χ1v) is 9.83. The van der Waals surface area contributed by atoms with Crippen molar-refractivity contribution in [3.05, 3.63) is 51.3 Å². The van der Waals surface area contributed by atoms with Crippen molar-refractivity contribution in [3.8, 4) is 0 Å². The number of amides is 1. The van der Waals surface area contributed by atoms with Gasteiger partial charge in [0, 0.05) is 16.6 Å². The van der Waals surface area contributed by atoms with Crippen LogP contribution in [0, 0.1) is 6.92 Å². The quantitative estimate of drug-likeness (QED) is 0.574. The van der Waals surface area contributed by atoms with Crippen LogP contribution in [0.4, 0.5) is 5.69 Å². The highest BCUT2D eigenvalue weighted by Crippen LogP contribution is 2.40. The fourth-order valence-corrected chi connectivity index (χ4v) is 3.42. The molecule has 1 aromatic carbocycles. The Morgan fingerprint density at radius 2 is 2.03 bits per heavy atom. The summed E-state index contributed by atoms with van der Waals surface area (Å²) in [6.07, 6.45) is 0.976. The van der Waals surface area contributed by atoms with Crippen molar-refractivity contribution in [3.63, 3.8) is 0 Å². The molecule has 1 N–H and O–H groups in total. The second kappa shape index (κ2) is 7.65. The molecule has 1 atom stereocenters. The normalized spacial score (nSPS) is 14.6. The van der Waals surface area contributed by atoms with Gasteiger partial charge in [-0.3, -0.25) is 4.79 Å². The Kier molecular flexibility index (Phi) is 5.19. The Labute approximate surface area is 176 Å². The van der Waals surface area contributed by atoms with Gasteiger partial charge in [-0.1, -0.05) is 28.4 Å². The Morgan fingerprint density at radius 3 is 2.72 bits per heavy atom. The number of benzene rings is 1. The molecule has 150 valence electrons. The lowest BCUT2D eigenvalue weighted by molar-refractivity contribution is -0.123. The summed E-state index contributed by atoms with van der Waals surface area (Å²) in [5.74, 6) is -0.850. The van der Waals surface area contributed by atoms with Crippen molar-refractivity contribution in [2.75, 3.05) is 5.32 Å². The molecule has 0 unspecified atom stereocenters. The van der Waals surface area contributed by atoms with Gasteiger partial charge in [0.2, 0.25) is 0 Å². The van der Waals surface area contributed by atoms with E-state index in [2.05, 4.69) is 15.5 Å². The van der Waals surface area contributed by atoms with Crippen LogP contribution in [0.1, 0.15) is 47.4 Å². The third-order valence-corrected chi connectivity index (χ3v) is 5.24. The Hall–Kier alpha value is -2.64. The van der Waals surface area contributed by atoms with Gasteiger partial charge in [-0.2, -0.15) is 0 Å². The highest BCUT2D eigenvalue weighted by molar-refractivity contribution is 6.36. The molecule has 3 aromatic rings. The number of hydrogen-bond acceptors (Lipinski definition) is 6. The second-order valence-electron chi connectivity index (χ2n) is 6.98. The van der Waals surface area contributed by atoms with Gasteiger partial charge in [-0.25, -0.2) is 9.78 Å². The molecule has 7 nitrogen and oxygen atoms in total. The monoisotopic (exact) mass is 433 g/mol. The van der Waals surface area contributed by atoms with Crippen molar-refractivity contribution < 1.29 is 18.8 Å². The van der Waals surface area contributed by atoms with E-state index < -0.39 is 18.0 Å². The van der Waals surface area contributed by atoms with Crippen LogP contribution >= 0.6 is 23.2 Å². The van der Waals surface area contributed by atoms with Crippen molar-refractivity contribution in [1.82, 2.24) is 10.1 Å². The lowest BCUT2D eigenvalue weighted by Gasteiger charge is -2.15. The van der Waals surface area contributed by atoms with Crippen molar-refractivity contribution in [1.29, 1.82) is 0 Å². The first kappa shape index (κ1) is 19.7. The number of ether oxygens (including phenoxy) is 1. The smallest absolute Gasteiger partial charge is 0.339 e. The third kappa shape index (κ3) is 4.06. The van der Waals surface area contributed by atoms with Crippen molar-refractivity contribution >= 4 is 51.9 Å². The number of carbonyl (C=O) groups is 2. The summed E-state index contributed by atoms with van der Waals surface area (Å²) in [6.45, 7) is 3.21. The van der Waals surface area contributed by atoms with E-state index in [0.29, 0.717) is 39.0 Å². The Morgan fingerprint density at radius 1 is 1.28 bits per heavy atom. The summed E-state index contributed by atoms with van der Waals surface area (Å²) in [5, 5.41) is 7.75. The summed E-state index contributed by atoms with van der Waals surface area (Å²) in [4.78, 5) is 29.7. The van der Waals surface area contributed by atoms with E-state index in [9.17, 15) is 9.59 Å². The number of nitrogens with zero attached hydrogens (tertiary/aromatic N) is 2. The molecule has 1 aliphatic rings. The van der Waals surface area contributed by atoms with Crippen LogP contribution < -0.4 is 5.32 Å². The van der Waals surface area contributed by atoms with Crippen LogP contribution in [-0.2, 0) is 9.53 Å². The molecule has 0 aliphatic heterocycles. The maximum Gasteiger partial charge on any atom is 0.339 e. The lowest BCUT2D eigenvalue weighted by atomic mass is 10.1. The first-order chi connectivity index (χ1) is 13.8. The molecule has 9 heteroatoms. The molecule has 0 radical (unpaired) electrons. The van der Waals surface area contributed by atoms with Crippen LogP contribution in [0.5, 0.6) is 0 Å². The third-order valence-electron chi connectivity index (χ3n) is 4.69. The van der Waals surface area contributed by atoms with Crippen LogP contribution in [0.15, 0.2) is 28.8 Å². The molecule has 2 heterocycles. The first-order valence-electron chi connectivity index (χ1n) is 9.07. The number of aryl methyl sites for hydroxylation is 1. The minimum Gasteiger partial charge on any atom is -0.449 e. The predicted molar refractivity (Wildman–Crippen MR) is 108 cm³/mol. The fraction of sp³-hybridized carbons (Fsp3) is 0.300. The molecule has 4 rings (SSSR count). The topological polar surface area (TPSA) is 94.3 Å². The van der Waals surface area contributed by atoms with Crippen molar-refractivity contribution in [2.24, 2.45) is 0 Å². The standard InChI is InChI=1S/C20H17Cl2N3O4/c1-9-17-13(8-16(11-3-4-11)24-19(17)29-25-9)20(27)28-10(2)18(26)23-15-6-5-12(21)7-14(15)22/h5-8,10-11H,3-4H2,1-2H3,(H,23,26)/t10-/m1/s1. The molecule has 2 aromatic heterocycles. The Balaban J connectivity index is 1.54. The van der Waals surface area contributed by atoms with Gasteiger partial charge in [-0.05, 0) is 51.0 Å². The van der Waals surface area contributed by atoms with Crippen LogP contribution in [0.2, 0.25) is 10.0 Å². The van der Waals surface area contributed by atoms with Crippen LogP contribution in [-0.4, -0.2) is 28.1 Å². The number of fused-ring (bicyclic) bond motifs is 1. The minimum atomic E-state index is -1.05. The molecule has 29 heavy (non-hydrogen) atoms. The molecule has 0 saturated heterocycles. The van der Waals surface area contributed by atoms with Crippen LogP contribution in [0.3, 0.4) is 0 Å². The number of aromatic nitrogens is 2. The van der Waals surface area contributed by atoms with Crippen molar-refractivity contribution in [2.45, 2.75) is 38.7 Å². The summed E-state index contributed by atoms with van der Waals surface area (Å²) >= 11 is 11.9. The zero-order valence-electron chi connectivity index (χ0n) is 15.7. The SMILES string of the molecule is Cc1noc2nc(C3CC3)cc(C(=O)O[C@H](C)C(=O)Nc3ccc(Cl)cc3Cl)c12. The average molecular weight is 434 g/mol. The summed E-state index contributed by atoms with van der Waals surface area (Å²) in [6, 6.07) is 6.39. The lowest BCUT2D eigenvalue weighted by Crippen LogP contribution is -2.30. The molecular weight excluding hydrogens is 417 g/mol. The van der Waals surface area contributed by atoms with Gasteiger partial charge >= 0.3 is 5.97 Å². The molecule has 1 amide bonds. The zero-order chi connectivity index (χ0) is 20.7. The number of nitrogens with one attached hydrogen (secondary N) is 1. The largest absolute Gasteiger partial charge is 0.449 e. The molecule has 0 spiro atoms. The average Bonchev–Trinajstić information content (AvgIpc) is 3.46. The number of hydrogen-bond donors (Lipinski definition) is 1. The molecule has 0 bridgehead atoms. The maximum absolute atomic E-state index is 12.8. The molecule has 1 aliphatic carbocycles. The van der Waals surface area contributed by atoms with Crippen LogP contribution in [0.25, 0.3) is 11.1 Å². The maximum atomic E-state index is 12.8. The van der Waals surface area contributed by atoms with E-state index in [4.69, 9.17) is 32.5 Å². The number of rotatable bonds is 5. The zero-order valence-corrected chi connectivity index (χ0v) is 17.2. The molecular formula is C20H17Cl2N3O4. The highest BCUT2D eigenvalue weighted by atomic mass is 35.5. The summed E-state index contributed by atoms with van der Waals surface area (Å²) in [7, 11) is 0. The predicted octanol–water partition coefficient (Wildman–Crippen LogP) is 4.90. The second-order valence-corrected chi connectivity index (χ2v) is 7.82. The van der Waals surface area contributed by atoms with E-state index in [1.54, 1.807) is 25.1 Å². The number of carbonyl (C=O) groups excluding carboxylic acids is 2. The Bertz CT molecular complexity index is 1120. The van der Waals surface area contributed by atoms with E-state index in [1.165, 1.54) is 13.0 Å². The van der Waals surface area contributed by atoms with E-state index in [1.807, 2.05) is 0 Å². The van der Waals surface area contributed by atoms with Gasteiger partial charge in [0.15, 0.2) is 6.10 Å². The number of halogens is 2. The van der Waals surface area contributed by atoms with E-state index in [0.717, 1.165) is 18.5 Å². The summed E-state index contributed by atoms with van der Waals surface area (Å²) < 4.78 is 10.6. The van der Waals surface area contributed by atoms with Gasteiger partial charge in [0.25, 0.3) is 11.6 Å². The van der Waals surface area contributed by atoms with Gasteiger partial charge < -0.3 is 14.6 Å². The fourth-order valence-electron chi connectivity index (χ4n) is 2.97. The minimum absolute atomic E-state index is 0.286. The number of pyridine rings is 1.